The van der Waals surface area contributed by atoms with Crippen LogP contribution in [0.5, 0.6) is 0 Å². The van der Waals surface area contributed by atoms with Gasteiger partial charge in [-0.2, -0.15) is 0 Å². The molecule has 4 nitrogen and oxygen atoms in total. The van der Waals surface area contributed by atoms with Crippen LogP contribution in [0.25, 0.3) is 0 Å². The molecule has 4 heteroatoms. The van der Waals surface area contributed by atoms with Gasteiger partial charge in [0.05, 0.1) is 11.1 Å². The molecular weight excluding hydrogens is 206 g/mol. The fourth-order valence-electron chi connectivity index (χ4n) is 1.80. The van der Waals surface area contributed by atoms with E-state index in [4.69, 9.17) is 0 Å². The van der Waals surface area contributed by atoms with E-state index < -0.39 is 0 Å². The summed E-state index contributed by atoms with van der Waals surface area (Å²) in [6, 6.07) is 0. The molecule has 1 aromatic rings. The Balaban J connectivity index is 2.83. The molecule has 0 atom stereocenters. The maximum atomic E-state index is 11.7. The van der Waals surface area contributed by atoms with Gasteiger partial charge in [-0.05, 0) is 26.0 Å². The summed E-state index contributed by atoms with van der Waals surface area (Å²) >= 11 is 0. The second-order valence-corrected chi connectivity index (χ2v) is 3.63. The van der Waals surface area contributed by atoms with Crippen molar-refractivity contribution in [1.82, 2.24) is 4.98 Å². The molecule has 80 valence electrons. The van der Waals surface area contributed by atoms with Crippen molar-refractivity contribution in [2.45, 2.75) is 13.8 Å². The van der Waals surface area contributed by atoms with Gasteiger partial charge in [-0.25, -0.2) is 0 Å². The highest BCUT2D eigenvalue weighted by Crippen LogP contribution is 2.22. The number of aromatic nitrogens is 1. The standard InChI is InChI=1S/C12H9NO3/c1-6-11(7(2)14)12-8(5-13-6)9(15)3-4-10(12)16/h3-5H,1-2H3. The number of carbonyl (C=O) groups excluding carboxylic acids is 3. The molecule has 0 fully saturated rings. The fourth-order valence-corrected chi connectivity index (χ4v) is 1.80. The van der Waals surface area contributed by atoms with E-state index in [2.05, 4.69) is 4.98 Å². The number of hydrogen-bond donors (Lipinski definition) is 0. The van der Waals surface area contributed by atoms with Crippen LogP contribution in [0.15, 0.2) is 18.3 Å². The van der Waals surface area contributed by atoms with Gasteiger partial charge in [0.1, 0.15) is 0 Å². The quantitative estimate of drug-likeness (QED) is 0.666. The molecule has 0 amide bonds. The molecule has 2 rings (SSSR count). The Hall–Kier alpha value is -2.10. The third kappa shape index (κ3) is 1.39. The Morgan fingerprint density at radius 2 is 1.81 bits per heavy atom. The number of allylic oxidation sites excluding steroid dienone is 2. The van der Waals surface area contributed by atoms with Crippen molar-refractivity contribution in [3.63, 3.8) is 0 Å². The lowest BCUT2D eigenvalue weighted by molar-refractivity contribution is 0.0977. The van der Waals surface area contributed by atoms with Crippen molar-refractivity contribution < 1.29 is 14.4 Å². The molecule has 0 saturated carbocycles. The average Bonchev–Trinajstić information content (AvgIpc) is 2.23. The monoisotopic (exact) mass is 215 g/mol. The van der Waals surface area contributed by atoms with Gasteiger partial charge in [-0.1, -0.05) is 0 Å². The lowest BCUT2D eigenvalue weighted by Crippen LogP contribution is -2.18. The van der Waals surface area contributed by atoms with Crippen LogP contribution < -0.4 is 0 Å². The highest BCUT2D eigenvalue weighted by molar-refractivity contribution is 6.25. The molecule has 0 bridgehead atoms. The zero-order valence-electron chi connectivity index (χ0n) is 8.90. The van der Waals surface area contributed by atoms with E-state index >= 15 is 0 Å². The van der Waals surface area contributed by atoms with E-state index in [9.17, 15) is 14.4 Å². The van der Waals surface area contributed by atoms with Crippen LogP contribution in [-0.4, -0.2) is 22.3 Å². The van der Waals surface area contributed by atoms with Crippen LogP contribution >= 0.6 is 0 Å². The molecule has 1 heterocycles. The summed E-state index contributed by atoms with van der Waals surface area (Å²) in [5.74, 6) is -0.854. The van der Waals surface area contributed by atoms with E-state index in [1.807, 2.05) is 0 Å². The summed E-state index contributed by atoms with van der Waals surface area (Å²) < 4.78 is 0. The van der Waals surface area contributed by atoms with Gasteiger partial charge in [-0.3, -0.25) is 19.4 Å². The molecule has 0 radical (unpaired) electrons. The van der Waals surface area contributed by atoms with Crippen molar-refractivity contribution in [3.8, 4) is 0 Å². The fraction of sp³-hybridized carbons (Fsp3) is 0.167. The van der Waals surface area contributed by atoms with Crippen LogP contribution in [0.1, 0.15) is 43.7 Å². The zero-order valence-corrected chi connectivity index (χ0v) is 8.90. The minimum atomic E-state index is -0.315. The van der Waals surface area contributed by atoms with Gasteiger partial charge >= 0.3 is 0 Å². The normalized spacial score (nSPS) is 13.9. The SMILES string of the molecule is CC(=O)c1c(C)ncc2c1C(=O)C=CC2=O. The van der Waals surface area contributed by atoms with Crippen molar-refractivity contribution in [3.05, 3.63) is 40.7 Å². The van der Waals surface area contributed by atoms with Crippen LogP contribution in [-0.2, 0) is 0 Å². The van der Waals surface area contributed by atoms with Gasteiger partial charge in [0.25, 0.3) is 0 Å². The molecule has 1 aromatic heterocycles. The molecular formula is C12H9NO3. The second-order valence-electron chi connectivity index (χ2n) is 3.63. The first-order valence-electron chi connectivity index (χ1n) is 4.79. The van der Waals surface area contributed by atoms with Crippen LogP contribution in [0, 0.1) is 6.92 Å². The van der Waals surface area contributed by atoms with Crippen LogP contribution in [0.3, 0.4) is 0 Å². The Bertz CT molecular complexity index is 556. The minimum absolute atomic E-state index is 0.188. The van der Waals surface area contributed by atoms with Crippen LogP contribution in [0.2, 0.25) is 0 Å². The number of aryl methyl sites for hydroxylation is 1. The van der Waals surface area contributed by atoms with E-state index in [1.165, 1.54) is 25.3 Å². The number of hydrogen-bond acceptors (Lipinski definition) is 4. The predicted molar refractivity (Wildman–Crippen MR) is 56.8 cm³/mol. The van der Waals surface area contributed by atoms with Gasteiger partial charge < -0.3 is 0 Å². The number of ketones is 3. The van der Waals surface area contributed by atoms with Crippen molar-refractivity contribution in [1.29, 1.82) is 0 Å². The van der Waals surface area contributed by atoms with Crippen molar-refractivity contribution in [2.75, 3.05) is 0 Å². The van der Waals surface area contributed by atoms with E-state index in [0.29, 0.717) is 5.69 Å². The smallest absolute Gasteiger partial charge is 0.188 e. The summed E-state index contributed by atoms with van der Waals surface area (Å²) in [5.41, 5.74) is 1.12. The highest BCUT2D eigenvalue weighted by atomic mass is 16.1. The zero-order chi connectivity index (χ0) is 11.9. The van der Waals surface area contributed by atoms with Crippen LogP contribution in [0.4, 0.5) is 0 Å². The van der Waals surface area contributed by atoms with Gasteiger partial charge in [0.15, 0.2) is 17.3 Å². The van der Waals surface area contributed by atoms with Gasteiger partial charge in [0.2, 0.25) is 0 Å². The number of rotatable bonds is 1. The number of Topliss-reactive ketones (excluding diaryl/α,β-unsaturated/α-hetero) is 1. The van der Waals surface area contributed by atoms with Gasteiger partial charge in [0, 0.05) is 17.5 Å². The summed E-state index contributed by atoms with van der Waals surface area (Å²) in [4.78, 5) is 38.6. The summed E-state index contributed by atoms with van der Waals surface area (Å²) in [5, 5.41) is 0. The van der Waals surface area contributed by atoms with E-state index in [0.717, 1.165) is 0 Å². The first-order chi connectivity index (χ1) is 7.52. The molecule has 1 aliphatic carbocycles. The minimum Gasteiger partial charge on any atom is -0.294 e. The molecule has 0 spiro atoms. The molecule has 1 aliphatic rings. The molecule has 16 heavy (non-hydrogen) atoms. The van der Waals surface area contributed by atoms with Gasteiger partial charge in [-0.15, -0.1) is 0 Å². The average molecular weight is 215 g/mol. The number of carbonyl (C=O) groups is 3. The summed E-state index contributed by atoms with van der Waals surface area (Å²) in [6.07, 6.45) is 3.74. The molecule has 0 aliphatic heterocycles. The maximum absolute atomic E-state index is 11.7. The van der Waals surface area contributed by atoms with Crippen molar-refractivity contribution >= 4 is 17.3 Å². The third-order valence-corrected chi connectivity index (χ3v) is 2.52. The van der Waals surface area contributed by atoms with E-state index in [-0.39, 0.29) is 34.0 Å². The first-order valence-corrected chi connectivity index (χ1v) is 4.79. The summed E-state index contributed by atoms with van der Waals surface area (Å²) in [6.45, 7) is 3.01. The lowest BCUT2D eigenvalue weighted by atomic mass is 9.90. The topological polar surface area (TPSA) is 64.1 Å². The largest absolute Gasteiger partial charge is 0.294 e. The Kier molecular flexibility index (Phi) is 2.27. The van der Waals surface area contributed by atoms with E-state index in [1.54, 1.807) is 6.92 Å². The number of nitrogens with zero attached hydrogens (tertiary/aromatic N) is 1. The molecule has 0 N–H and O–H groups in total. The third-order valence-electron chi connectivity index (χ3n) is 2.52. The maximum Gasteiger partial charge on any atom is 0.188 e. The highest BCUT2D eigenvalue weighted by Gasteiger charge is 2.26. The lowest BCUT2D eigenvalue weighted by Gasteiger charge is -2.13. The number of fused-ring (bicyclic) bond motifs is 1. The Labute approximate surface area is 92.0 Å². The predicted octanol–water partition coefficient (Wildman–Crippen LogP) is 1.53. The second kappa shape index (κ2) is 3.48. The first kappa shape index (κ1) is 10.4. The Morgan fingerprint density at radius 1 is 1.19 bits per heavy atom. The number of pyridine rings is 1. The molecule has 0 saturated heterocycles. The molecule has 0 unspecified atom stereocenters. The Morgan fingerprint density at radius 3 is 2.44 bits per heavy atom. The molecule has 0 aromatic carbocycles. The van der Waals surface area contributed by atoms with Crippen molar-refractivity contribution in [2.24, 2.45) is 0 Å². The summed E-state index contributed by atoms with van der Waals surface area (Å²) in [7, 11) is 0.